The van der Waals surface area contributed by atoms with Gasteiger partial charge in [0, 0.05) is 49.9 Å². The highest BCUT2D eigenvalue weighted by atomic mass is 19.1. The zero-order valence-electron chi connectivity index (χ0n) is 18.7. The molecular formula is C25H24FN5O3. The zero-order chi connectivity index (χ0) is 23.8. The van der Waals surface area contributed by atoms with Crippen LogP contribution < -0.4 is 16.0 Å². The molecule has 5 rings (SSSR count). The van der Waals surface area contributed by atoms with Crippen LogP contribution in [0.2, 0.25) is 0 Å². The van der Waals surface area contributed by atoms with E-state index in [0.29, 0.717) is 24.5 Å². The van der Waals surface area contributed by atoms with Gasteiger partial charge >= 0.3 is 6.03 Å². The predicted molar refractivity (Wildman–Crippen MR) is 126 cm³/mol. The molecule has 3 aromatic heterocycles. The third kappa shape index (κ3) is 4.00. The van der Waals surface area contributed by atoms with E-state index in [9.17, 15) is 14.0 Å². The highest BCUT2D eigenvalue weighted by Crippen LogP contribution is 2.30. The summed E-state index contributed by atoms with van der Waals surface area (Å²) in [6, 6.07) is 11.6. The summed E-state index contributed by atoms with van der Waals surface area (Å²) in [5.41, 5.74) is 10.0. The Labute approximate surface area is 195 Å². The Morgan fingerprint density at radius 3 is 2.71 bits per heavy atom. The monoisotopic (exact) mass is 461 g/mol. The molecule has 0 aliphatic carbocycles. The molecular weight excluding hydrogens is 437 g/mol. The van der Waals surface area contributed by atoms with E-state index in [1.165, 1.54) is 23.4 Å². The van der Waals surface area contributed by atoms with Crippen LogP contribution in [0.4, 0.5) is 9.18 Å². The molecule has 174 valence electrons. The minimum absolute atomic E-state index is 0.137. The maximum absolute atomic E-state index is 13.0. The lowest BCUT2D eigenvalue weighted by molar-refractivity contribution is 0.210. The summed E-state index contributed by atoms with van der Waals surface area (Å²) in [6.45, 7) is 1.32. The standard InChI is InChI=1S/C25H24FN5O3/c1-29-22-8-10-30(25(27)33)9-7-21(22)20-5-4-18(12-23(20)29)31-11-6-19(13-24(31)32)34-15-17-3-2-16(26)14-28-17/h2-6,11-14H,7-10,15H2,1H3,(H2,27,33). The molecule has 0 unspecified atom stereocenters. The molecule has 4 aromatic rings. The van der Waals surface area contributed by atoms with Crippen LogP contribution >= 0.6 is 0 Å². The fourth-order valence-electron chi connectivity index (χ4n) is 4.54. The van der Waals surface area contributed by atoms with E-state index in [2.05, 4.69) is 9.55 Å². The maximum Gasteiger partial charge on any atom is 0.314 e. The van der Waals surface area contributed by atoms with Crippen molar-refractivity contribution in [1.29, 1.82) is 0 Å². The number of pyridine rings is 2. The second kappa shape index (κ2) is 8.66. The Balaban J connectivity index is 1.40. The number of primary amides is 1. The minimum atomic E-state index is -0.412. The van der Waals surface area contributed by atoms with Crippen molar-refractivity contribution in [2.45, 2.75) is 19.4 Å². The number of carbonyl (C=O) groups is 1. The van der Waals surface area contributed by atoms with Gasteiger partial charge in [0.1, 0.15) is 18.2 Å². The molecule has 9 heteroatoms. The summed E-state index contributed by atoms with van der Waals surface area (Å²) in [5.74, 6) is 0.00335. The number of urea groups is 1. The van der Waals surface area contributed by atoms with Crippen LogP contribution in [0.15, 0.2) is 59.7 Å². The molecule has 0 saturated carbocycles. The van der Waals surface area contributed by atoms with Crippen molar-refractivity contribution in [3.63, 3.8) is 0 Å². The van der Waals surface area contributed by atoms with E-state index in [-0.39, 0.29) is 18.2 Å². The third-order valence-corrected chi connectivity index (χ3v) is 6.33. The van der Waals surface area contributed by atoms with Gasteiger partial charge in [0.05, 0.1) is 23.1 Å². The first-order valence-corrected chi connectivity index (χ1v) is 11.0. The van der Waals surface area contributed by atoms with Crippen molar-refractivity contribution in [3.8, 4) is 11.4 Å². The van der Waals surface area contributed by atoms with E-state index < -0.39 is 5.82 Å². The molecule has 0 fully saturated rings. The average Bonchev–Trinajstić information content (AvgIpc) is 2.97. The molecule has 2 amide bonds. The first-order valence-electron chi connectivity index (χ1n) is 11.0. The summed E-state index contributed by atoms with van der Waals surface area (Å²) in [4.78, 5) is 30.0. The smallest absolute Gasteiger partial charge is 0.314 e. The molecule has 8 nitrogen and oxygen atoms in total. The van der Waals surface area contributed by atoms with E-state index in [4.69, 9.17) is 10.5 Å². The number of aromatic nitrogens is 3. The minimum Gasteiger partial charge on any atom is -0.487 e. The quantitative estimate of drug-likeness (QED) is 0.506. The Hall–Kier alpha value is -4.14. The molecule has 1 aromatic carbocycles. The van der Waals surface area contributed by atoms with Crippen LogP contribution in [0, 0.1) is 5.82 Å². The highest BCUT2D eigenvalue weighted by Gasteiger charge is 2.22. The fraction of sp³-hybridized carbons (Fsp3) is 0.240. The van der Waals surface area contributed by atoms with Crippen LogP contribution in [-0.2, 0) is 26.5 Å². The Kier molecular flexibility index (Phi) is 5.53. The van der Waals surface area contributed by atoms with Gasteiger partial charge in [0.15, 0.2) is 0 Å². The molecule has 0 spiro atoms. The first kappa shape index (κ1) is 21.7. The van der Waals surface area contributed by atoms with Gasteiger partial charge in [-0.15, -0.1) is 0 Å². The molecule has 34 heavy (non-hydrogen) atoms. The van der Waals surface area contributed by atoms with Crippen LogP contribution in [0.5, 0.6) is 5.75 Å². The average molecular weight is 461 g/mol. The molecule has 0 atom stereocenters. The van der Waals surface area contributed by atoms with E-state index in [1.54, 1.807) is 27.8 Å². The molecule has 1 aliphatic heterocycles. The highest BCUT2D eigenvalue weighted by molar-refractivity contribution is 5.87. The summed E-state index contributed by atoms with van der Waals surface area (Å²) >= 11 is 0. The number of hydrogen-bond donors (Lipinski definition) is 1. The van der Waals surface area contributed by atoms with Crippen molar-refractivity contribution >= 4 is 16.9 Å². The molecule has 2 N–H and O–H groups in total. The molecule has 0 bridgehead atoms. The van der Waals surface area contributed by atoms with Gasteiger partial charge in [0.2, 0.25) is 0 Å². The van der Waals surface area contributed by atoms with Gasteiger partial charge in [0.25, 0.3) is 5.56 Å². The summed E-state index contributed by atoms with van der Waals surface area (Å²) in [6.07, 6.45) is 4.27. The van der Waals surface area contributed by atoms with Crippen molar-refractivity contribution in [3.05, 3.63) is 88.0 Å². The van der Waals surface area contributed by atoms with Gasteiger partial charge in [-0.3, -0.25) is 14.3 Å². The number of carbonyl (C=O) groups excluding carboxylic acids is 1. The number of benzene rings is 1. The van der Waals surface area contributed by atoms with Crippen molar-refractivity contribution < 1.29 is 13.9 Å². The molecule has 0 saturated heterocycles. The molecule has 4 heterocycles. The molecule has 0 radical (unpaired) electrons. The summed E-state index contributed by atoms with van der Waals surface area (Å²) in [7, 11) is 2.01. The van der Waals surface area contributed by atoms with Gasteiger partial charge < -0.3 is 19.9 Å². The number of nitrogens with two attached hydrogens (primary N) is 1. The third-order valence-electron chi connectivity index (χ3n) is 6.33. The summed E-state index contributed by atoms with van der Waals surface area (Å²) < 4.78 is 22.3. The second-order valence-electron chi connectivity index (χ2n) is 8.34. The predicted octanol–water partition coefficient (Wildman–Crippen LogP) is 2.92. The number of nitrogens with zero attached hydrogens (tertiary/aromatic N) is 4. The Morgan fingerprint density at radius 1 is 1.15 bits per heavy atom. The zero-order valence-corrected chi connectivity index (χ0v) is 18.7. The Bertz CT molecular complexity index is 1440. The van der Waals surface area contributed by atoms with Gasteiger partial charge in [-0.1, -0.05) is 6.07 Å². The SMILES string of the molecule is Cn1c2c(c3ccc(-n4ccc(OCc5ccc(F)cn5)cc4=O)cc31)CCN(C(N)=O)CC2. The number of amides is 2. The van der Waals surface area contributed by atoms with Crippen molar-refractivity contribution in [1.82, 2.24) is 19.0 Å². The van der Waals surface area contributed by atoms with Crippen molar-refractivity contribution in [2.24, 2.45) is 12.8 Å². The van der Waals surface area contributed by atoms with E-state index in [0.717, 1.165) is 35.6 Å². The second-order valence-corrected chi connectivity index (χ2v) is 8.34. The van der Waals surface area contributed by atoms with Gasteiger partial charge in [-0.25, -0.2) is 9.18 Å². The number of ether oxygens (including phenoxy) is 1. The van der Waals surface area contributed by atoms with Gasteiger partial charge in [-0.05, 0) is 42.3 Å². The Morgan fingerprint density at radius 2 is 1.97 bits per heavy atom. The number of aryl methyl sites for hydroxylation is 1. The van der Waals surface area contributed by atoms with Gasteiger partial charge in [-0.2, -0.15) is 0 Å². The lowest BCUT2D eigenvalue weighted by Crippen LogP contribution is -2.37. The van der Waals surface area contributed by atoms with E-state index >= 15 is 0 Å². The largest absolute Gasteiger partial charge is 0.487 e. The number of fused-ring (bicyclic) bond motifs is 3. The van der Waals surface area contributed by atoms with E-state index in [1.807, 2.05) is 25.2 Å². The first-order chi connectivity index (χ1) is 16.4. The van der Waals surface area contributed by atoms with Crippen molar-refractivity contribution in [2.75, 3.05) is 13.1 Å². The normalized spacial score (nSPS) is 13.5. The van der Waals surface area contributed by atoms with Crippen LogP contribution in [0.25, 0.3) is 16.6 Å². The number of hydrogen-bond acceptors (Lipinski definition) is 4. The summed E-state index contributed by atoms with van der Waals surface area (Å²) in [5, 5.41) is 1.12. The number of halogens is 1. The fourth-order valence-corrected chi connectivity index (χ4v) is 4.54. The number of rotatable bonds is 4. The van der Waals surface area contributed by atoms with Crippen LogP contribution in [0.3, 0.4) is 0 Å². The topological polar surface area (TPSA) is 95.4 Å². The lowest BCUT2D eigenvalue weighted by atomic mass is 10.1. The maximum atomic E-state index is 13.0. The molecule has 1 aliphatic rings. The van der Waals surface area contributed by atoms with Crippen LogP contribution in [0.1, 0.15) is 17.0 Å². The van der Waals surface area contributed by atoms with Crippen LogP contribution in [-0.4, -0.2) is 38.1 Å². The lowest BCUT2D eigenvalue weighted by Gasteiger charge is -2.17.